The highest BCUT2D eigenvalue weighted by Crippen LogP contribution is 2.03. The summed E-state index contributed by atoms with van der Waals surface area (Å²) in [6, 6.07) is 0. The molecule has 0 aromatic rings. The number of carboxylic acid groups (broad SMARTS) is 1. The molecular weight excluding hydrogens is 196 g/mol. The molecule has 6 heteroatoms. The first-order valence-electron chi connectivity index (χ1n) is 3.53. The van der Waals surface area contributed by atoms with Gasteiger partial charge in [-0.05, 0) is 0 Å². The Morgan fingerprint density at radius 3 is 2.46 bits per heavy atom. The summed E-state index contributed by atoms with van der Waals surface area (Å²) in [6.45, 7) is 0.775. The summed E-state index contributed by atoms with van der Waals surface area (Å²) in [5.41, 5.74) is 0. The van der Waals surface area contributed by atoms with Crippen LogP contribution in [0.5, 0.6) is 0 Å². The van der Waals surface area contributed by atoms with Crippen molar-refractivity contribution in [2.75, 3.05) is 12.4 Å². The Kier molecular flexibility index (Phi) is 5.96. The van der Waals surface area contributed by atoms with E-state index in [0.29, 0.717) is 5.75 Å². The predicted octanol–water partition coefficient (Wildman–Crippen LogP) is 0.284. The lowest BCUT2D eigenvalue weighted by Gasteiger charge is -1.99. The number of thioether (sulfide) groups is 1. The van der Waals surface area contributed by atoms with Crippen molar-refractivity contribution in [3.63, 3.8) is 0 Å². The molecule has 0 rings (SSSR count). The van der Waals surface area contributed by atoms with Gasteiger partial charge in [-0.2, -0.15) is 0 Å². The number of hydrogen-bond acceptors (Lipinski definition) is 5. The molecule has 0 saturated carbocycles. The van der Waals surface area contributed by atoms with Crippen molar-refractivity contribution in [1.82, 2.24) is 0 Å². The van der Waals surface area contributed by atoms with Crippen molar-refractivity contribution in [2.45, 2.75) is 13.3 Å². The number of carbonyl (C=O) groups is 3. The SMILES string of the molecule is CC(=O)SCCC(=O)OCC(=O)O. The second kappa shape index (κ2) is 6.47. The van der Waals surface area contributed by atoms with E-state index in [0.717, 1.165) is 11.8 Å². The highest BCUT2D eigenvalue weighted by Gasteiger charge is 2.06. The van der Waals surface area contributed by atoms with E-state index in [9.17, 15) is 14.4 Å². The van der Waals surface area contributed by atoms with Crippen molar-refractivity contribution < 1.29 is 24.2 Å². The van der Waals surface area contributed by atoms with Crippen LogP contribution >= 0.6 is 11.8 Å². The Morgan fingerprint density at radius 1 is 1.38 bits per heavy atom. The normalized spacial score (nSPS) is 9.31. The van der Waals surface area contributed by atoms with Gasteiger partial charge in [-0.1, -0.05) is 11.8 Å². The molecule has 0 aliphatic heterocycles. The van der Waals surface area contributed by atoms with Gasteiger partial charge in [-0.25, -0.2) is 4.79 Å². The lowest BCUT2D eigenvalue weighted by atomic mass is 10.5. The molecule has 0 spiro atoms. The highest BCUT2D eigenvalue weighted by molar-refractivity contribution is 8.13. The minimum Gasteiger partial charge on any atom is -0.479 e. The van der Waals surface area contributed by atoms with Crippen LogP contribution in [0.4, 0.5) is 0 Å². The van der Waals surface area contributed by atoms with Gasteiger partial charge >= 0.3 is 11.9 Å². The van der Waals surface area contributed by atoms with E-state index in [4.69, 9.17) is 5.11 Å². The zero-order valence-corrected chi connectivity index (χ0v) is 7.93. The van der Waals surface area contributed by atoms with Gasteiger partial charge in [0.15, 0.2) is 11.7 Å². The number of hydrogen-bond donors (Lipinski definition) is 1. The van der Waals surface area contributed by atoms with E-state index in [1.54, 1.807) is 0 Å². The Balaban J connectivity index is 3.41. The zero-order valence-electron chi connectivity index (χ0n) is 7.11. The number of carbonyl (C=O) groups excluding carboxylic acids is 2. The van der Waals surface area contributed by atoms with E-state index < -0.39 is 18.5 Å². The van der Waals surface area contributed by atoms with Crippen molar-refractivity contribution in [3.05, 3.63) is 0 Å². The average molecular weight is 206 g/mol. The molecule has 5 nitrogen and oxygen atoms in total. The second-order valence-electron chi connectivity index (χ2n) is 2.14. The number of rotatable bonds is 5. The minimum atomic E-state index is -1.19. The van der Waals surface area contributed by atoms with E-state index in [-0.39, 0.29) is 11.5 Å². The van der Waals surface area contributed by atoms with Crippen LogP contribution in [-0.2, 0) is 19.1 Å². The lowest BCUT2D eigenvalue weighted by Crippen LogP contribution is -2.13. The number of aliphatic carboxylic acids is 1. The van der Waals surface area contributed by atoms with Gasteiger partial charge in [0.2, 0.25) is 0 Å². The molecule has 0 atom stereocenters. The van der Waals surface area contributed by atoms with Crippen LogP contribution in [-0.4, -0.2) is 34.5 Å². The van der Waals surface area contributed by atoms with Crippen LogP contribution in [0.2, 0.25) is 0 Å². The van der Waals surface area contributed by atoms with Gasteiger partial charge < -0.3 is 9.84 Å². The minimum absolute atomic E-state index is 0.0531. The molecule has 13 heavy (non-hydrogen) atoms. The smallest absolute Gasteiger partial charge is 0.341 e. The molecule has 0 aromatic carbocycles. The van der Waals surface area contributed by atoms with Crippen molar-refractivity contribution >= 4 is 28.8 Å². The topological polar surface area (TPSA) is 80.7 Å². The fourth-order valence-corrected chi connectivity index (χ4v) is 1.05. The van der Waals surface area contributed by atoms with E-state index >= 15 is 0 Å². The average Bonchev–Trinajstić information content (AvgIpc) is 2.00. The summed E-state index contributed by atoms with van der Waals surface area (Å²) in [4.78, 5) is 31.1. The molecule has 0 aliphatic carbocycles. The number of esters is 1. The number of ether oxygens (including phenoxy) is 1. The van der Waals surface area contributed by atoms with Gasteiger partial charge in [0.25, 0.3) is 0 Å². The summed E-state index contributed by atoms with van der Waals surface area (Å²) in [5, 5.41) is 8.06. The largest absolute Gasteiger partial charge is 0.479 e. The van der Waals surface area contributed by atoms with Crippen LogP contribution in [0, 0.1) is 0 Å². The third-order valence-electron chi connectivity index (χ3n) is 0.968. The first-order valence-corrected chi connectivity index (χ1v) is 4.51. The monoisotopic (exact) mass is 206 g/mol. The summed E-state index contributed by atoms with van der Waals surface area (Å²) >= 11 is 1.01. The van der Waals surface area contributed by atoms with Crippen LogP contribution in [0.15, 0.2) is 0 Å². The van der Waals surface area contributed by atoms with E-state index in [1.165, 1.54) is 6.92 Å². The van der Waals surface area contributed by atoms with Crippen molar-refractivity contribution in [1.29, 1.82) is 0 Å². The van der Waals surface area contributed by atoms with Gasteiger partial charge in [-0.3, -0.25) is 9.59 Å². The second-order valence-corrected chi connectivity index (χ2v) is 3.42. The summed E-state index contributed by atoms with van der Waals surface area (Å²) in [6.07, 6.45) is 0.0531. The first kappa shape index (κ1) is 12.0. The fraction of sp³-hybridized carbons (Fsp3) is 0.571. The fourth-order valence-electron chi connectivity index (χ4n) is 0.492. The van der Waals surface area contributed by atoms with Gasteiger partial charge in [-0.15, -0.1) is 0 Å². The molecule has 0 amide bonds. The molecule has 0 heterocycles. The third-order valence-corrected chi connectivity index (χ3v) is 1.78. The van der Waals surface area contributed by atoms with Crippen molar-refractivity contribution in [3.8, 4) is 0 Å². The first-order chi connectivity index (χ1) is 6.02. The Bertz CT molecular complexity index is 213. The van der Waals surface area contributed by atoms with Crippen LogP contribution in [0.25, 0.3) is 0 Å². The maximum atomic E-state index is 10.7. The molecule has 0 radical (unpaired) electrons. The molecule has 74 valence electrons. The van der Waals surface area contributed by atoms with Crippen LogP contribution in [0.3, 0.4) is 0 Å². The summed E-state index contributed by atoms with van der Waals surface area (Å²) in [7, 11) is 0. The number of carboxylic acids is 1. The molecule has 1 N–H and O–H groups in total. The highest BCUT2D eigenvalue weighted by atomic mass is 32.2. The standard InChI is InChI=1S/C7H10O5S/c1-5(8)13-3-2-7(11)12-4-6(9)10/h2-4H2,1H3,(H,9,10). The molecule has 0 bridgehead atoms. The van der Waals surface area contributed by atoms with E-state index in [1.807, 2.05) is 0 Å². The molecule has 0 saturated heterocycles. The Hall–Kier alpha value is -1.04. The summed E-state index contributed by atoms with van der Waals surface area (Å²) in [5.74, 6) is -1.46. The van der Waals surface area contributed by atoms with Gasteiger partial charge in [0.1, 0.15) is 0 Å². The van der Waals surface area contributed by atoms with Crippen LogP contribution in [0.1, 0.15) is 13.3 Å². The van der Waals surface area contributed by atoms with E-state index in [2.05, 4.69) is 4.74 Å². The van der Waals surface area contributed by atoms with Gasteiger partial charge in [0.05, 0.1) is 6.42 Å². The molecule has 0 fully saturated rings. The molecule has 0 aliphatic rings. The maximum Gasteiger partial charge on any atom is 0.341 e. The van der Waals surface area contributed by atoms with Gasteiger partial charge in [0, 0.05) is 12.7 Å². The quantitative estimate of drug-likeness (QED) is 0.651. The van der Waals surface area contributed by atoms with Crippen LogP contribution < -0.4 is 0 Å². The molecule has 0 unspecified atom stereocenters. The maximum absolute atomic E-state index is 10.7. The molecule has 0 aromatic heterocycles. The predicted molar refractivity (Wildman–Crippen MR) is 46.4 cm³/mol. The Labute approximate surface area is 79.4 Å². The third kappa shape index (κ3) is 8.87. The lowest BCUT2D eigenvalue weighted by molar-refractivity contribution is -0.154. The van der Waals surface area contributed by atoms with Crippen molar-refractivity contribution in [2.24, 2.45) is 0 Å². The Morgan fingerprint density at radius 2 is 2.00 bits per heavy atom. The zero-order chi connectivity index (χ0) is 10.3. The summed E-state index contributed by atoms with van der Waals surface area (Å²) < 4.78 is 4.32. The molecular formula is C7H10O5S.